The zero-order valence-electron chi connectivity index (χ0n) is 16.9. The van der Waals surface area contributed by atoms with E-state index < -0.39 is 0 Å². The van der Waals surface area contributed by atoms with Gasteiger partial charge in [-0.2, -0.15) is 0 Å². The number of carbonyl (C=O) groups excluding carboxylic acids is 1. The summed E-state index contributed by atoms with van der Waals surface area (Å²) in [5.74, 6) is 1.29. The van der Waals surface area contributed by atoms with E-state index in [0.717, 1.165) is 38.3 Å². The summed E-state index contributed by atoms with van der Waals surface area (Å²) in [5, 5.41) is 3.44. The third kappa shape index (κ3) is 4.14. The van der Waals surface area contributed by atoms with Crippen LogP contribution in [0.2, 0.25) is 0 Å². The minimum Gasteiger partial charge on any atom is -0.336 e. The first-order valence-corrected chi connectivity index (χ1v) is 10.7. The molecule has 1 saturated carbocycles. The van der Waals surface area contributed by atoms with Crippen LogP contribution in [0.4, 0.5) is 0 Å². The smallest absolute Gasteiger partial charge is 0.223 e. The molecule has 2 heterocycles. The van der Waals surface area contributed by atoms with Crippen molar-refractivity contribution in [2.24, 2.45) is 12.5 Å². The molecule has 5 heteroatoms. The van der Waals surface area contributed by atoms with Gasteiger partial charge in [0.05, 0.1) is 0 Å². The van der Waals surface area contributed by atoms with Crippen LogP contribution in [0, 0.1) is 5.41 Å². The van der Waals surface area contributed by atoms with Crippen molar-refractivity contribution in [3.05, 3.63) is 54.1 Å². The molecule has 1 amide bonds. The van der Waals surface area contributed by atoms with Gasteiger partial charge in [0.15, 0.2) is 0 Å². The Hall–Kier alpha value is -2.14. The molecule has 2 aromatic rings. The predicted molar refractivity (Wildman–Crippen MR) is 111 cm³/mol. The molecule has 1 aliphatic carbocycles. The van der Waals surface area contributed by atoms with Gasteiger partial charge >= 0.3 is 0 Å². The van der Waals surface area contributed by atoms with Crippen LogP contribution in [0.1, 0.15) is 56.0 Å². The fourth-order valence-corrected chi connectivity index (χ4v) is 5.05. The maximum Gasteiger partial charge on any atom is 0.223 e. The van der Waals surface area contributed by atoms with Crippen molar-refractivity contribution in [3.8, 4) is 0 Å². The molecular formula is C23H32N4O. The monoisotopic (exact) mass is 380 g/mol. The van der Waals surface area contributed by atoms with Gasteiger partial charge in [0, 0.05) is 45.5 Å². The molecule has 1 N–H and O–H groups in total. The van der Waals surface area contributed by atoms with E-state index in [1.807, 2.05) is 24.0 Å². The van der Waals surface area contributed by atoms with Crippen LogP contribution in [-0.4, -0.2) is 40.0 Å². The molecule has 1 unspecified atom stereocenters. The second-order valence-electron chi connectivity index (χ2n) is 8.57. The van der Waals surface area contributed by atoms with Crippen LogP contribution in [0.3, 0.4) is 0 Å². The summed E-state index contributed by atoms with van der Waals surface area (Å²) in [5.41, 5.74) is 1.55. The van der Waals surface area contributed by atoms with Gasteiger partial charge in [-0.3, -0.25) is 4.79 Å². The summed E-state index contributed by atoms with van der Waals surface area (Å²) in [7, 11) is 2.01. The number of benzene rings is 1. The lowest BCUT2D eigenvalue weighted by molar-refractivity contribution is -0.137. The van der Waals surface area contributed by atoms with Crippen molar-refractivity contribution in [2.45, 2.75) is 51.0 Å². The molecule has 1 saturated heterocycles. The van der Waals surface area contributed by atoms with Crippen molar-refractivity contribution in [1.29, 1.82) is 0 Å². The molecule has 0 spiro atoms. The average molecular weight is 381 g/mol. The Morgan fingerprint density at radius 3 is 2.75 bits per heavy atom. The highest BCUT2D eigenvalue weighted by Gasteiger charge is 2.39. The number of amides is 1. The summed E-state index contributed by atoms with van der Waals surface area (Å²) in [6.45, 7) is 2.42. The molecule has 150 valence electrons. The van der Waals surface area contributed by atoms with Crippen LogP contribution >= 0.6 is 0 Å². The summed E-state index contributed by atoms with van der Waals surface area (Å²) >= 11 is 0. The zero-order valence-corrected chi connectivity index (χ0v) is 16.9. The number of nitrogens with zero attached hydrogens (tertiary/aromatic N) is 3. The molecule has 28 heavy (non-hydrogen) atoms. The Morgan fingerprint density at radius 2 is 2.04 bits per heavy atom. The minimum atomic E-state index is 0.0360. The van der Waals surface area contributed by atoms with Gasteiger partial charge in [-0.1, -0.05) is 43.2 Å². The Kier molecular flexibility index (Phi) is 5.81. The van der Waals surface area contributed by atoms with Gasteiger partial charge in [-0.05, 0) is 36.7 Å². The number of piperazine rings is 1. The number of nitrogens with one attached hydrogen (secondary N) is 1. The number of hydrogen-bond acceptors (Lipinski definition) is 3. The third-order valence-corrected chi connectivity index (χ3v) is 6.70. The average Bonchev–Trinajstić information content (AvgIpc) is 3.36. The van der Waals surface area contributed by atoms with E-state index in [9.17, 15) is 4.79 Å². The minimum absolute atomic E-state index is 0.0360. The largest absolute Gasteiger partial charge is 0.336 e. The first-order chi connectivity index (χ1) is 13.7. The quantitative estimate of drug-likeness (QED) is 0.835. The van der Waals surface area contributed by atoms with E-state index in [-0.39, 0.29) is 11.5 Å². The van der Waals surface area contributed by atoms with Crippen LogP contribution in [-0.2, 0) is 18.3 Å². The van der Waals surface area contributed by atoms with Gasteiger partial charge in [0.1, 0.15) is 11.9 Å². The molecule has 0 radical (unpaired) electrons. The third-order valence-electron chi connectivity index (χ3n) is 6.70. The maximum absolute atomic E-state index is 13.4. The fraction of sp³-hybridized carbons (Fsp3) is 0.565. The first kappa shape index (κ1) is 19.2. The summed E-state index contributed by atoms with van der Waals surface area (Å²) in [6, 6.07) is 10.7. The SMILES string of the molecule is Cn1ccnc1C1CNCCN1C(=O)CC1(CCc2ccccc2)CCCC1. The molecular weight excluding hydrogens is 348 g/mol. The van der Waals surface area contributed by atoms with Crippen LogP contribution in [0.5, 0.6) is 0 Å². The lowest BCUT2D eigenvalue weighted by atomic mass is 9.77. The normalized spacial score (nSPS) is 21.8. The molecule has 1 atom stereocenters. The summed E-state index contributed by atoms with van der Waals surface area (Å²) in [4.78, 5) is 20.1. The van der Waals surface area contributed by atoms with Gasteiger partial charge < -0.3 is 14.8 Å². The van der Waals surface area contributed by atoms with Crippen LogP contribution in [0.15, 0.2) is 42.7 Å². The van der Waals surface area contributed by atoms with Gasteiger partial charge in [0.25, 0.3) is 0 Å². The van der Waals surface area contributed by atoms with E-state index in [1.165, 1.54) is 31.2 Å². The fourth-order valence-electron chi connectivity index (χ4n) is 5.05. The molecule has 4 rings (SSSR count). The van der Waals surface area contributed by atoms with Crippen LogP contribution in [0.25, 0.3) is 0 Å². The van der Waals surface area contributed by atoms with E-state index >= 15 is 0 Å². The standard InChI is InChI=1S/C23H32N4O/c1-26-15-14-25-22(26)20-18-24-13-16-27(20)21(28)17-23(10-5-6-11-23)12-9-19-7-3-2-4-8-19/h2-4,7-8,14-15,20,24H,5-6,9-13,16-18H2,1H3. The first-order valence-electron chi connectivity index (χ1n) is 10.7. The van der Waals surface area contributed by atoms with Crippen LogP contribution < -0.4 is 5.32 Å². The van der Waals surface area contributed by atoms with Gasteiger partial charge in [0.2, 0.25) is 5.91 Å². The van der Waals surface area contributed by atoms with Crippen molar-refractivity contribution >= 4 is 5.91 Å². The Morgan fingerprint density at radius 1 is 1.25 bits per heavy atom. The Balaban J connectivity index is 1.47. The maximum atomic E-state index is 13.4. The van der Waals surface area contributed by atoms with Crippen molar-refractivity contribution < 1.29 is 4.79 Å². The summed E-state index contributed by atoms with van der Waals surface area (Å²) < 4.78 is 2.04. The molecule has 1 aromatic carbocycles. The van der Waals surface area contributed by atoms with Gasteiger partial charge in [-0.15, -0.1) is 0 Å². The molecule has 1 aromatic heterocycles. The second kappa shape index (κ2) is 8.48. The zero-order chi connectivity index (χ0) is 19.4. The molecule has 2 aliphatic rings. The van der Waals surface area contributed by atoms with Gasteiger partial charge in [-0.25, -0.2) is 4.98 Å². The number of hydrogen-bond donors (Lipinski definition) is 1. The molecule has 5 nitrogen and oxygen atoms in total. The number of carbonyl (C=O) groups is 1. The topological polar surface area (TPSA) is 50.2 Å². The number of imidazole rings is 1. The van der Waals surface area contributed by atoms with Crippen molar-refractivity contribution in [1.82, 2.24) is 19.8 Å². The highest BCUT2D eigenvalue weighted by molar-refractivity contribution is 5.77. The van der Waals surface area contributed by atoms with E-state index in [4.69, 9.17) is 0 Å². The Labute approximate surface area is 168 Å². The van der Waals surface area contributed by atoms with Crippen molar-refractivity contribution in [3.63, 3.8) is 0 Å². The van der Waals surface area contributed by atoms with E-state index in [1.54, 1.807) is 0 Å². The molecule has 2 fully saturated rings. The number of rotatable bonds is 6. The molecule has 0 bridgehead atoms. The Bertz CT molecular complexity index is 779. The number of aryl methyl sites for hydroxylation is 2. The summed E-state index contributed by atoms with van der Waals surface area (Å²) in [6.07, 6.45) is 11.5. The lowest BCUT2D eigenvalue weighted by Crippen LogP contribution is -2.50. The van der Waals surface area contributed by atoms with Crippen molar-refractivity contribution in [2.75, 3.05) is 19.6 Å². The van der Waals surface area contributed by atoms with E-state index in [0.29, 0.717) is 12.3 Å². The van der Waals surface area contributed by atoms with E-state index in [2.05, 4.69) is 45.5 Å². The second-order valence-corrected chi connectivity index (χ2v) is 8.57. The highest BCUT2D eigenvalue weighted by Crippen LogP contribution is 2.45. The predicted octanol–water partition coefficient (Wildman–Crippen LogP) is 3.48. The number of aromatic nitrogens is 2. The highest BCUT2D eigenvalue weighted by atomic mass is 16.2. The lowest BCUT2D eigenvalue weighted by Gasteiger charge is -2.38. The molecule has 1 aliphatic heterocycles.